The molecule has 2 atom stereocenters. The number of halogens is 1. The summed E-state index contributed by atoms with van der Waals surface area (Å²) in [6.07, 6.45) is 0.439. The zero-order chi connectivity index (χ0) is 21.0. The van der Waals surface area contributed by atoms with Gasteiger partial charge in [-0.1, -0.05) is 42.8 Å². The zero-order valence-corrected chi connectivity index (χ0v) is 17.3. The normalized spacial score (nSPS) is 16.7. The van der Waals surface area contributed by atoms with E-state index >= 15 is 0 Å². The first-order valence-electron chi connectivity index (χ1n) is 9.67. The number of fused-ring (bicyclic) bond motifs is 1. The van der Waals surface area contributed by atoms with Crippen LogP contribution >= 0.6 is 11.6 Å². The van der Waals surface area contributed by atoms with Crippen LogP contribution in [0.2, 0.25) is 5.02 Å². The van der Waals surface area contributed by atoms with Gasteiger partial charge in [-0.2, -0.15) is 0 Å². The molecule has 3 rings (SSSR count). The fourth-order valence-electron chi connectivity index (χ4n) is 3.53. The summed E-state index contributed by atoms with van der Waals surface area (Å²) >= 11 is 6.32. The Morgan fingerprint density at radius 3 is 2.76 bits per heavy atom. The van der Waals surface area contributed by atoms with E-state index in [0.29, 0.717) is 23.0 Å². The summed E-state index contributed by atoms with van der Waals surface area (Å²) in [7, 11) is 0. The van der Waals surface area contributed by atoms with Gasteiger partial charge in [0.2, 0.25) is 5.91 Å². The predicted octanol–water partition coefficient (Wildman–Crippen LogP) is 3.97. The number of para-hydroxylation sites is 1. The van der Waals surface area contributed by atoms with Crippen molar-refractivity contribution in [1.29, 1.82) is 0 Å². The molecule has 0 saturated heterocycles. The Labute approximate surface area is 175 Å². The number of benzene rings is 2. The number of amides is 1. The molecule has 1 unspecified atom stereocenters. The van der Waals surface area contributed by atoms with Crippen molar-refractivity contribution in [2.24, 2.45) is 11.7 Å². The summed E-state index contributed by atoms with van der Waals surface area (Å²) in [5.41, 5.74) is 9.05. The van der Waals surface area contributed by atoms with Crippen molar-refractivity contribution in [1.82, 2.24) is 0 Å². The average Bonchev–Trinajstić information content (AvgIpc) is 2.68. The van der Waals surface area contributed by atoms with Gasteiger partial charge in [-0.05, 0) is 55.0 Å². The smallest absolute Gasteiger partial charge is 0.434 e. The van der Waals surface area contributed by atoms with Gasteiger partial charge < -0.3 is 20.1 Å². The van der Waals surface area contributed by atoms with E-state index in [1.54, 1.807) is 24.0 Å². The molecule has 0 saturated carbocycles. The van der Waals surface area contributed by atoms with E-state index in [0.717, 1.165) is 17.7 Å². The predicted molar refractivity (Wildman–Crippen MR) is 112 cm³/mol. The molecule has 1 heterocycles. The second-order valence-electron chi connectivity index (χ2n) is 7.24. The van der Waals surface area contributed by atoms with Gasteiger partial charge in [0.1, 0.15) is 5.75 Å². The molecule has 1 aliphatic heterocycles. The summed E-state index contributed by atoms with van der Waals surface area (Å²) in [6.45, 7) is 4.68. The van der Waals surface area contributed by atoms with Crippen molar-refractivity contribution in [2.45, 2.75) is 32.7 Å². The lowest BCUT2D eigenvalue weighted by atomic mass is 9.93. The van der Waals surface area contributed by atoms with E-state index in [9.17, 15) is 9.59 Å². The summed E-state index contributed by atoms with van der Waals surface area (Å²) in [6, 6.07) is 12.0. The van der Waals surface area contributed by atoms with Crippen LogP contribution in [0.4, 0.5) is 10.5 Å². The molecule has 6 nitrogen and oxygen atoms in total. The topological polar surface area (TPSA) is 81.9 Å². The van der Waals surface area contributed by atoms with E-state index in [1.807, 2.05) is 18.2 Å². The summed E-state index contributed by atoms with van der Waals surface area (Å²) in [5, 5.41) is 0.377. The molecule has 2 aromatic rings. The Bertz CT molecular complexity index is 902. The maximum Gasteiger partial charge on any atom is 0.513 e. The van der Waals surface area contributed by atoms with Gasteiger partial charge in [0.15, 0.2) is 0 Å². The van der Waals surface area contributed by atoms with E-state index in [-0.39, 0.29) is 24.7 Å². The second kappa shape index (κ2) is 9.29. The van der Waals surface area contributed by atoms with Crippen LogP contribution in [-0.4, -0.2) is 31.3 Å². The summed E-state index contributed by atoms with van der Waals surface area (Å²) in [5.74, 6) is 0.506. The highest BCUT2D eigenvalue weighted by molar-refractivity contribution is 6.31. The number of carbonyl (C=O) groups is 2. The molecule has 29 heavy (non-hydrogen) atoms. The number of rotatable bonds is 5. The van der Waals surface area contributed by atoms with Gasteiger partial charge in [0.25, 0.3) is 0 Å². The first-order chi connectivity index (χ1) is 13.9. The van der Waals surface area contributed by atoms with E-state index < -0.39 is 12.2 Å². The third kappa shape index (κ3) is 5.08. The van der Waals surface area contributed by atoms with Crippen LogP contribution in [0.15, 0.2) is 42.5 Å². The van der Waals surface area contributed by atoms with Crippen LogP contribution in [0.25, 0.3) is 0 Å². The molecule has 7 heteroatoms. The summed E-state index contributed by atoms with van der Waals surface area (Å²) < 4.78 is 9.78. The number of hydrogen-bond acceptors (Lipinski definition) is 5. The lowest BCUT2D eigenvalue weighted by Gasteiger charge is -2.34. The van der Waals surface area contributed by atoms with Crippen LogP contribution in [0.3, 0.4) is 0 Å². The van der Waals surface area contributed by atoms with Gasteiger partial charge in [0.05, 0.1) is 12.6 Å². The number of nitrogens with zero attached hydrogens (tertiary/aromatic N) is 1. The van der Waals surface area contributed by atoms with Crippen molar-refractivity contribution in [3.63, 3.8) is 0 Å². The van der Waals surface area contributed by atoms with E-state index in [4.69, 9.17) is 26.8 Å². The minimum Gasteiger partial charge on any atom is -0.434 e. The molecule has 0 spiro atoms. The van der Waals surface area contributed by atoms with Gasteiger partial charge in [0, 0.05) is 17.3 Å². The monoisotopic (exact) mass is 416 g/mol. The van der Waals surface area contributed by atoms with Crippen LogP contribution in [0.5, 0.6) is 5.75 Å². The van der Waals surface area contributed by atoms with Crippen LogP contribution < -0.4 is 15.4 Å². The molecule has 0 radical (unpaired) electrons. The Kier molecular flexibility index (Phi) is 6.77. The Morgan fingerprint density at radius 1 is 1.28 bits per heavy atom. The third-order valence-electron chi connectivity index (χ3n) is 4.86. The highest BCUT2D eigenvalue weighted by Crippen LogP contribution is 2.30. The standard InChI is InChI=1S/C22H25ClN2O4/c1-3-28-22(27)29-17-9-8-15(18(23)12-17)11-19(24)21(26)25-13-14(2)10-16-6-4-5-7-20(16)25/h4-9,12,14,19H,3,10-11,13,24H2,1-2H3/t14?,19-/m0/s1. The fourth-order valence-corrected chi connectivity index (χ4v) is 3.78. The van der Waals surface area contributed by atoms with Crippen LogP contribution in [0.1, 0.15) is 25.0 Å². The maximum absolute atomic E-state index is 13.1. The number of nitrogens with two attached hydrogens (primary N) is 1. The molecule has 1 amide bonds. The highest BCUT2D eigenvalue weighted by atomic mass is 35.5. The van der Waals surface area contributed by atoms with Crippen molar-refractivity contribution in [2.75, 3.05) is 18.1 Å². The van der Waals surface area contributed by atoms with Crippen LogP contribution in [-0.2, 0) is 22.4 Å². The molecule has 154 valence electrons. The molecular weight excluding hydrogens is 392 g/mol. The Hall–Kier alpha value is -2.57. The molecule has 0 aromatic heterocycles. The van der Waals surface area contributed by atoms with Crippen molar-refractivity contribution >= 4 is 29.4 Å². The summed E-state index contributed by atoms with van der Waals surface area (Å²) in [4.78, 5) is 26.3. The minimum atomic E-state index is -0.791. The lowest BCUT2D eigenvalue weighted by Crippen LogP contribution is -2.48. The Balaban J connectivity index is 1.71. The molecule has 0 fully saturated rings. The quantitative estimate of drug-likeness (QED) is 0.589. The van der Waals surface area contributed by atoms with Gasteiger partial charge in [-0.3, -0.25) is 4.79 Å². The Morgan fingerprint density at radius 2 is 2.03 bits per heavy atom. The van der Waals surface area contributed by atoms with E-state index in [1.165, 1.54) is 6.07 Å². The molecule has 0 bridgehead atoms. The van der Waals surface area contributed by atoms with Crippen LogP contribution in [0, 0.1) is 5.92 Å². The highest BCUT2D eigenvalue weighted by Gasteiger charge is 2.29. The molecular formula is C22H25ClN2O4. The van der Waals surface area contributed by atoms with Crippen molar-refractivity contribution in [3.05, 3.63) is 58.6 Å². The SMILES string of the molecule is CCOC(=O)Oc1ccc(C[C@H](N)C(=O)N2CC(C)Cc3ccccc32)c(Cl)c1. The van der Waals surface area contributed by atoms with Gasteiger partial charge in [-0.25, -0.2) is 4.79 Å². The average molecular weight is 417 g/mol. The number of anilines is 1. The molecule has 1 aliphatic rings. The molecule has 0 aliphatic carbocycles. The van der Waals surface area contributed by atoms with Crippen molar-refractivity contribution < 1.29 is 19.1 Å². The third-order valence-corrected chi connectivity index (χ3v) is 5.21. The van der Waals surface area contributed by atoms with Gasteiger partial charge in [-0.15, -0.1) is 0 Å². The number of hydrogen-bond donors (Lipinski definition) is 1. The number of carbonyl (C=O) groups excluding carboxylic acids is 2. The largest absolute Gasteiger partial charge is 0.513 e. The first kappa shape index (κ1) is 21.1. The second-order valence-corrected chi connectivity index (χ2v) is 7.64. The molecule has 2 N–H and O–H groups in total. The fraction of sp³-hybridized carbons (Fsp3) is 0.364. The first-order valence-corrected chi connectivity index (χ1v) is 10.0. The van der Waals surface area contributed by atoms with E-state index in [2.05, 4.69) is 13.0 Å². The maximum atomic E-state index is 13.1. The lowest BCUT2D eigenvalue weighted by molar-refractivity contribution is -0.120. The molecule has 2 aromatic carbocycles. The van der Waals surface area contributed by atoms with Gasteiger partial charge >= 0.3 is 6.16 Å². The number of ether oxygens (including phenoxy) is 2. The minimum absolute atomic E-state index is 0.132. The zero-order valence-electron chi connectivity index (χ0n) is 16.6. The van der Waals surface area contributed by atoms with Crippen molar-refractivity contribution in [3.8, 4) is 5.75 Å².